The summed E-state index contributed by atoms with van der Waals surface area (Å²) in [6.07, 6.45) is 2.79. The second-order valence-corrected chi connectivity index (χ2v) is 5.26. The molecule has 0 fully saturated rings. The summed E-state index contributed by atoms with van der Waals surface area (Å²) >= 11 is 5.78. The van der Waals surface area contributed by atoms with Gasteiger partial charge < -0.3 is 5.11 Å². The smallest absolute Gasteiger partial charge is 0.871 e. The average Bonchev–Trinajstić information content (AvgIpc) is 2.79. The fourth-order valence-corrected chi connectivity index (χ4v) is 2.43. The number of carbonyl (C=O) groups excluding carboxylic acids is 2. The molecule has 0 N–H and O–H groups in total. The molecule has 0 spiro atoms. The summed E-state index contributed by atoms with van der Waals surface area (Å²) in [4.78, 5) is 24.4. The van der Waals surface area contributed by atoms with Crippen LogP contribution in [-0.4, -0.2) is 11.6 Å². The molecule has 23 heavy (non-hydrogen) atoms. The Morgan fingerprint density at radius 3 is 2.22 bits per heavy atom. The summed E-state index contributed by atoms with van der Waals surface area (Å²) in [7, 11) is 0. The second kappa shape index (κ2) is 7.28. The molecule has 0 bridgehead atoms. The van der Waals surface area contributed by atoms with Crippen molar-refractivity contribution in [2.45, 2.75) is 0 Å². The van der Waals surface area contributed by atoms with Crippen molar-refractivity contribution >= 4 is 35.0 Å². The third-order valence-electron chi connectivity index (χ3n) is 3.41. The number of hydrogen-bond acceptors (Lipinski definition) is 3. The molecule has 0 unspecified atom stereocenters. The van der Waals surface area contributed by atoms with Gasteiger partial charge in [-0.2, -0.15) is 0 Å². The summed E-state index contributed by atoms with van der Waals surface area (Å²) in [5.74, 6) is -1.60. The number of Topliss-reactive ketones (excluding diaryl/α,β-unsaturated/α-hetero) is 1. The standard InChI is InChI=1S/C18H11ClO3.Na/c19-12-8-5-11(6-9-12)7-10-15(20)16-17(21)13-3-1-2-4-14(13)18(16)22;/h1-10,21H;/q;+1/p-1/b10-7+;. The van der Waals surface area contributed by atoms with E-state index in [4.69, 9.17) is 11.6 Å². The predicted octanol–water partition coefficient (Wildman–Crippen LogP) is -0.106. The number of allylic oxidation sites excluding steroid dienone is 2. The van der Waals surface area contributed by atoms with Crippen molar-refractivity contribution in [3.05, 3.63) is 81.9 Å². The minimum Gasteiger partial charge on any atom is -0.871 e. The number of fused-ring (bicyclic) bond motifs is 1. The third-order valence-corrected chi connectivity index (χ3v) is 3.67. The first-order valence-corrected chi connectivity index (χ1v) is 6.99. The number of benzene rings is 2. The summed E-state index contributed by atoms with van der Waals surface area (Å²) in [5.41, 5.74) is 1.03. The van der Waals surface area contributed by atoms with Crippen molar-refractivity contribution in [1.82, 2.24) is 0 Å². The molecule has 0 aliphatic heterocycles. The Bertz CT molecular complexity index is 836. The zero-order valence-electron chi connectivity index (χ0n) is 12.4. The van der Waals surface area contributed by atoms with Gasteiger partial charge in [-0.3, -0.25) is 9.59 Å². The molecule has 0 amide bonds. The molecular formula is C18H10ClNaO3. The van der Waals surface area contributed by atoms with Crippen LogP contribution in [0.3, 0.4) is 0 Å². The maximum absolute atomic E-state index is 12.2. The topological polar surface area (TPSA) is 57.2 Å². The van der Waals surface area contributed by atoms with E-state index in [2.05, 4.69) is 0 Å². The molecule has 0 atom stereocenters. The van der Waals surface area contributed by atoms with Crippen molar-refractivity contribution in [1.29, 1.82) is 0 Å². The zero-order valence-corrected chi connectivity index (χ0v) is 15.1. The molecular weight excluding hydrogens is 323 g/mol. The van der Waals surface area contributed by atoms with Crippen LogP contribution < -0.4 is 34.7 Å². The van der Waals surface area contributed by atoms with E-state index in [1.807, 2.05) is 0 Å². The molecule has 1 aliphatic carbocycles. The van der Waals surface area contributed by atoms with Gasteiger partial charge in [-0.1, -0.05) is 59.8 Å². The van der Waals surface area contributed by atoms with Gasteiger partial charge in [0.2, 0.25) is 0 Å². The van der Waals surface area contributed by atoms with Crippen LogP contribution in [0.4, 0.5) is 0 Å². The Morgan fingerprint density at radius 2 is 1.61 bits per heavy atom. The molecule has 0 aromatic heterocycles. The summed E-state index contributed by atoms with van der Waals surface area (Å²) in [6, 6.07) is 13.3. The maximum atomic E-state index is 12.2. The number of carbonyl (C=O) groups is 2. The van der Waals surface area contributed by atoms with Crippen LogP contribution in [0.1, 0.15) is 21.5 Å². The first-order valence-electron chi connectivity index (χ1n) is 6.61. The number of rotatable bonds is 3. The Labute approximate surface area is 160 Å². The van der Waals surface area contributed by atoms with Gasteiger partial charge in [-0.15, -0.1) is 0 Å². The van der Waals surface area contributed by atoms with Crippen LogP contribution in [0.15, 0.2) is 60.2 Å². The monoisotopic (exact) mass is 332 g/mol. The Hall–Kier alpha value is -1.65. The van der Waals surface area contributed by atoms with Crippen molar-refractivity contribution in [3.8, 4) is 0 Å². The summed E-state index contributed by atoms with van der Waals surface area (Å²) in [6.45, 7) is 0. The van der Waals surface area contributed by atoms with Gasteiger partial charge in [0.25, 0.3) is 0 Å². The summed E-state index contributed by atoms with van der Waals surface area (Å²) in [5, 5.41) is 12.8. The van der Waals surface area contributed by atoms with E-state index in [0.717, 1.165) is 5.56 Å². The van der Waals surface area contributed by atoms with Crippen LogP contribution in [-0.2, 0) is 4.79 Å². The molecule has 108 valence electrons. The van der Waals surface area contributed by atoms with E-state index in [-0.39, 0.29) is 46.3 Å². The van der Waals surface area contributed by atoms with Crippen LogP contribution in [0.2, 0.25) is 5.02 Å². The fourth-order valence-electron chi connectivity index (χ4n) is 2.30. The summed E-state index contributed by atoms with van der Waals surface area (Å²) < 4.78 is 0. The normalized spacial score (nSPS) is 13.2. The van der Waals surface area contributed by atoms with E-state index < -0.39 is 17.3 Å². The zero-order chi connectivity index (χ0) is 15.7. The molecule has 3 nitrogen and oxygen atoms in total. The maximum Gasteiger partial charge on any atom is 1.00 e. The van der Waals surface area contributed by atoms with Gasteiger partial charge in [-0.05, 0) is 29.3 Å². The second-order valence-electron chi connectivity index (χ2n) is 4.83. The van der Waals surface area contributed by atoms with Gasteiger partial charge in [0, 0.05) is 10.6 Å². The van der Waals surface area contributed by atoms with Crippen LogP contribution in [0.5, 0.6) is 0 Å². The molecule has 2 aromatic rings. The predicted molar refractivity (Wildman–Crippen MR) is 83.2 cm³/mol. The van der Waals surface area contributed by atoms with Gasteiger partial charge in [0.1, 0.15) is 0 Å². The minimum absolute atomic E-state index is 0. The van der Waals surface area contributed by atoms with E-state index in [1.165, 1.54) is 6.08 Å². The van der Waals surface area contributed by atoms with E-state index in [9.17, 15) is 14.7 Å². The van der Waals surface area contributed by atoms with Crippen molar-refractivity contribution < 1.29 is 44.3 Å². The van der Waals surface area contributed by atoms with Crippen LogP contribution >= 0.6 is 11.6 Å². The Kier molecular flexibility index (Phi) is 5.60. The van der Waals surface area contributed by atoms with E-state index >= 15 is 0 Å². The van der Waals surface area contributed by atoms with Crippen molar-refractivity contribution in [2.24, 2.45) is 0 Å². The molecule has 2 aromatic carbocycles. The number of halogens is 1. The quantitative estimate of drug-likeness (QED) is 0.448. The van der Waals surface area contributed by atoms with Crippen molar-refractivity contribution in [3.63, 3.8) is 0 Å². The van der Waals surface area contributed by atoms with Crippen molar-refractivity contribution in [2.75, 3.05) is 0 Å². The Morgan fingerprint density at radius 1 is 1.00 bits per heavy atom. The minimum atomic E-state index is -0.582. The number of ketones is 2. The van der Waals surface area contributed by atoms with Crippen LogP contribution in [0, 0.1) is 0 Å². The SMILES string of the molecule is O=C(/C=C/c1ccc(Cl)cc1)C1=C([O-])c2ccccc2C1=O.[Na+]. The molecule has 0 saturated carbocycles. The van der Waals surface area contributed by atoms with Gasteiger partial charge in [0.15, 0.2) is 11.6 Å². The molecule has 0 heterocycles. The molecule has 5 heteroatoms. The van der Waals surface area contributed by atoms with Crippen LogP contribution in [0.25, 0.3) is 11.8 Å². The first kappa shape index (κ1) is 17.7. The van der Waals surface area contributed by atoms with Gasteiger partial charge in [-0.25, -0.2) is 0 Å². The number of hydrogen-bond donors (Lipinski definition) is 0. The van der Waals surface area contributed by atoms with E-state index in [1.54, 1.807) is 54.6 Å². The molecule has 3 rings (SSSR count). The van der Waals surface area contributed by atoms with Gasteiger partial charge in [0.05, 0.1) is 5.57 Å². The van der Waals surface area contributed by atoms with Gasteiger partial charge >= 0.3 is 29.6 Å². The average molecular weight is 333 g/mol. The van der Waals surface area contributed by atoms with E-state index in [0.29, 0.717) is 5.02 Å². The first-order chi connectivity index (χ1) is 10.6. The fraction of sp³-hybridized carbons (Fsp3) is 0. The molecule has 0 saturated heterocycles. The molecule has 1 aliphatic rings. The largest absolute Gasteiger partial charge is 1.00 e. The molecule has 0 radical (unpaired) electrons. The third kappa shape index (κ3) is 3.48. The Balaban J connectivity index is 0.00000192.